The number of piperidine rings is 1. The van der Waals surface area contributed by atoms with Crippen molar-refractivity contribution < 1.29 is 14.1 Å². The van der Waals surface area contributed by atoms with E-state index < -0.39 is 0 Å². The fourth-order valence-electron chi connectivity index (χ4n) is 4.23. The first-order valence-electron chi connectivity index (χ1n) is 9.17. The predicted molar refractivity (Wildman–Crippen MR) is 94.4 cm³/mol. The zero-order valence-electron chi connectivity index (χ0n) is 14.8. The first-order valence-corrected chi connectivity index (χ1v) is 9.17. The largest absolute Gasteiger partial charge is 0.378 e. The number of pyridine rings is 1. The third-order valence-corrected chi connectivity index (χ3v) is 5.55. The van der Waals surface area contributed by atoms with Gasteiger partial charge in [-0.2, -0.15) is 0 Å². The molecule has 0 unspecified atom stereocenters. The maximum absolute atomic E-state index is 12.0. The van der Waals surface area contributed by atoms with Crippen molar-refractivity contribution in [1.29, 1.82) is 0 Å². The molecule has 0 spiro atoms. The molecule has 2 saturated heterocycles. The lowest BCUT2D eigenvalue weighted by Gasteiger charge is -2.44. The highest BCUT2D eigenvalue weighted by molar-refractivity contribution is 5.91. The Labute approximate surface area is 152 Å². The van der Waals surface area contributed by atoms with E-state index in [1.807, 2.05) is 12.3 Å². The molecule has 2 aliphatic rings. The molecule has 2 aliphatic heterocycles. The van der Waals surface area contributed by atoms with Gasteiger partial charge in [-0.15, -0.1) is 0 Å². The standard InChI is InChI=1S/C19H24N4O3/c24-18(16-3-8-22-26-16)21-9-5-19-6-11-25-17(19)4-10-23(14-19)13-15-2-1-7-20-12-15/h1-3,7-8,12,17H,4-6,9-11,13-14H2,(H,21,24)/t17-,19+/m1/s1. The zero-order valence-corrected chi connectivity index (χ0v) is 14.8. The van der Waals surface area contributed by atoms with E-state index in [1.54, 1.807) is 12.3 Å². The lowest BCUT2D eigenvalue weighted by Crippen LogP contribution is -2.50. The number of ether oxygens (including phenoxy) is 1. The van der Waals surface area contributed by atoms with Crippen LogP contribution >= 0.6 is 0 Å². The molecule has 4 rings (SSSR count). The molecule has 0 bridgehead atoms. The van der Waals surface area contributed by atoms with Crippen LogP contribution in [0.2, 0.25) is 0 Å². The summed E-state index contributed by atoms with van der Waals surface area (Å²) in [6.45, 7) is 4.35. The molecule has 7 heteroatoms. The minimum Gasteiger partial charge on any atom is -0.378 e. The first kappa shape index (κ1) is 17.2. The van der Waals surface area contributed by atoms with Crippen molar-refractivity contribution in [2.75, 3.05) is 26.2 Å². The fourth-order valence-corrected chi connectivity index (χ4v) is 4.23. The minimum absolute atomic E-state index is 0.106. The van der Waals surface area contributed by atoms with Crippen LogP contribution < -0.4 is 5.32 Å². The van der Waals surface area contributed by atoms with E-state index in [1.165, 1.54) is 11.8 Å². The van der Waals surface area contributed by atoms with Gasteiger partial charge in [-0.25, -0.2) is 0 Å². The Hall–Kier alpha value is -2.25. The second-order valence-corrected chi connectivity index (χ2v) is 7.21. The lowest BCUT2D eigenvalue weighted by molar-refractivity contribution is -0.0241. The van der Waals surface area contributed by atoms with Crippen LogP contribution in [0.1, 0.15) is 35.4 Å². The Morgan fingerprint density at radius 2 is 2.35 bits per heavy atom. The summed E-state index contributed by atoms with van der Waals surface area (Å²) in [6, 6.07) is 5.68. The number of nitrogens with zero attached hydrogens (tertiary/aromatic N) is 3. The number of rotatable bonds is 6. The molecule has 138 valence electrons. The van der Waals surface area contributed by atoms with Gasteiger partial charge in [-0.05, 0) is 30.9 Å². The fraction of sp³-hybridized carbons (Fsp3) is 0.526. The minimum atomic E-state index is -0.211. The smallest absolute Gasteiger partial charge is 0.289 e. The molecule has 26 heavy (non-hydrogen) atoms. The number of hydrogen-bond donors (Lipinski definition) is 1. The molecule has 1 amide bonds. The Morgan fingerprint density at radius 3 is 3.15 bits per heavy atom. The van der Waals surface area contributed by atoms with Gasteiger partial charge < -0.3 is 14.6 Å². The molecule has 0 saturated carbocycles. The van der Waals surface area contributed by atoms with Crippen LogP contribution in [0, 0.1) is 5.41 Å². The number of aromatic nitrogens is 2. The Kier molecular flexibility index (Phi) is 4.99. The summed E-state index contributed by atoms with van der Waals surface area (Å²) >= 11 is 0. The summed E-state index contributed by atoms with van der Waals surface area (Å²) in [5.74, 6) is 0.0426. The molecule has 4 heterocycles. The highest BCUT2D eigenvalue weighted by Crippen LogP contribution is 2.43. The lowest BCUT2D eigenvalue weighted by atomic mass is 9.74. The summed E-state index contributed by atoms with van der Waals surface area (Å²) in [7, 11) is 0. The number of carbonyl (C=O) groups is 1. The van der Waals surface area contributed by atoms with Gasteiger partial charge >= 0.3 is 0 Å². The van der Waals surface area contributed by atoms with Gasteiger partial charge in [0.25, 0.3) is 5.91 Å². The van der Waals surface area contributed by atoms with Crippen molar-refractivity contribution in [3.8, 4) is 0 Å². The number of hydrogen-bond acceptors (Lipinski definition) is 6. The summed E-state index contributed by atoms with van der Waals surface area (Å²) in [5, 5.41) is 6.52. The van der Waals surface area contributed by atoms with Crippen LogP contribution in [0.5, 0.6) is 0 Å². The van der Waals surface area contributed by atoms with E-state index in [2.05, 4.69) is 26.4 Å². The van der Waals surface area contributed by atoms with E-state index in [0.29, 0.717) is 6.54 Å². The van der Waals surface area contributed by atoms with Crippen LogP contribution in [0.15, 0.2) is 41.3 Å². The van der Waals surface area contributed by atoms with Crippen molar-refractivity contribution in [3.63, 3.8) is 0 Å². The number of amides is 1. The number of fused-ring (bicyclic) bond motifs is 1. The van der Waals surface area contributed by atoms with Crippen molar-refractivity contribution >= 4 is 5.91 Å². The highest BCUT2D eigenvalue weighted by Gasteiger charge is 2.47. The van der Waals surface area contributed by atoms with Gasteiger partial charge in [0.1, 0.15) is 0 Å². The second-order valence-electron chi connectivity index (χ2n) is 7.21. The number of carbonyl (C=O) groups excluding carboxylic acids is 1. The summed E-state index contributed by atoms with van der Waals surface area (Å²) in [4.78, 5) is 18.8. The molecule has 2 aromatic rings. The molecule has 0 radical (unpaired) electrons. The quantitative estimate of drug-likeness (QED) is 0.851. The van der Waals surface area contributed by atoms with Crippen LogP contribution in [-0.4, -0.2) is 53.3 Å². The maximum Gasteiger partial charge on any atom is 0.289 e. The van der Waals surface area contributed by atoms with Crippen LogP contribution in [-0.2, 0) is 11.3 Å². The maximum atomic E-state index is 12.0. The monoisotopic (exact) mass is 356 g/mol. The Bertz CT molecular complexity index is 722. The van der Waals surface area contributed by atoms with Gasteiger partial charge in [0.05, 0.1) is 12.3 Å². The van der Waals surface area contributed by atoms with Crippen molar-refractivity contribution in [2.45, 2.75) is 31.9 Å². The van der Waals surface area contributed by atoms with Crippen molar-refractivity contribution in [3.05, 3.63) is 48.1 Å². The van der Waals surface area contributed by atoms with Gasteiger partial charge in [0, 0.05) is 56.7 Å². The van der Waals surface area contributed by atoms with Gasteiger partial charge in [-0.1, -0.05) is 11.2 Å². The normalized spacial score (nSPS) is 25.8. The molecule has 2 aromatic heterocycles. The summed E-state index contributed by atoms with van der Waals surface area (Å²) in [5.41, 5.74) is 1.34. The Morgan fingerprint density at radius 1 is 1.38 bits per heavy atom. The number of likely N-dealkylation sites (tertiary alicyclic amines) is 1. The Balaban J connectivity index is 1.36. The molecule has 0 aromatic carbocycles. The van der Waals surface area contributed by atoms with E-state index in [0.717, 1.165) is 45.5 Å². The molecule has 1 N–H and O–H groups in total. The molecule has 0 aliphatic carbocycles. The third-order valence-electron chi connectivity index (χ3n) is 5.55. The molecule has 7 nitrogen and oxygen atoms in total. The summed E-state index contributed by atoms with van der Waals surface area (Å²) in [6.07, 6.45) is 8.48. The van der Waals surface area contributed by atoms with E-state index in [-0.39, 0.29) is 23.2 Å². The summed E-state index contributed by atoms with van der Waals surface area (Å²) < 4.78 is 10.9. The first-order chi connectivity index (χ1) is 12.8. The van der Waals surface area contributed by atoms with Gasteiger partial charge in [-0.3, -0.25) is 14.7 Å². The average Bonchev–Trinajstić information content (AvgIpc) is 3.32. The van der Waals surface area contributed by atoms with Crippen LogP contribution in [0.25, 0.3) is 0 Å². The van der Waals surface area contributed by atoms with Crippen LogP contribution in [0.3, 0.4) is 0 Å². The third kappa shape index (κ3) is 3.64. The van der Waals surface area contributed by atoms with E-state index >= 15 is 0 Å². The van der Waals surface area contributed by atoms with E-state index in [4.69, 9.17) is 9.26 Å². The molecular weight excluding hydrogens is 332 g/mol. The predicted octanol–water partition coefficient (Wildman–Crippen LogP) is 1.87. The van der Waals surface area contributed by atoms with Crippen LogP contribution in [0.4, 0.5) is 0 Å². The number of nitrogens with one attached hydrogen (secondary N) is 1. The topological polar surface area (TPSA) is 80.5 Å². The second kappa shape index (κ2) is 7.55. The van der Waals surface area contributed by atoms with Gasteiger partial charge in [0.15, 0.2) is 0 Å². The molecule has 2 atom stereocenters. The average molecular weight is 356 g/mol. The van der Waals surface area contributed by atoms with Crippen molar-refractivity contribution in [1.82, 2.24) is 20.4 Å². The molecular formula is C19H24N4O3. The van der Waals surface area contributed by atoms with Crippen molar-refractivity contribution in [2.24, 2.45) is 5.41 Å². The zero-order chi connectivity index (χ0) is 17.8. The van der Waals surface area contributed by atoms with E-state index in [9.17, 15) is 4.79 Å². The van der Waals surface area contributed by atoms with Gasteiger partial charge in [0.2, 0.25) is 5.76 Å². The highest BCUT2D eigenvalue weighted by atomic mass is 16.5. The SMILES string of the molecule is O=C(NCC[C@@]12CCO[C@@H]1CCN(Cc1cccnc1)C2)c1ccno1. The molecule has 2 fully saturated rings.